The van der Waals surface area contributed by atoms with E-state index in [1.165, 1.54) is 78.3 Å². The topological polar surface area (TPSA) is 323 Å². The van der Waals surface area contributed by atoms with Crippen molar-refractivity contribution in [2.24, 2.45) is 0 Å². The number of halogens is 4. The maximum atomic E-state index is 10.9. The average Bonchev–Trinajstić information content (AvgIpc) is 3.27. The van der Waals surface area contributed by atoms with E-state index >= 15 is 0 Å². The van der Waals surface area contributed by atoms with Crippen LogP contribution in [0, 0.1) is 32.5 Å². The zero-order valence-corrected chi connectivity index (χ0v) is 43.2. The Hall–Kier alpha value is -4.97. The molecule has 0 bridgehead atoms. The third-order valence-electron chi connectivity index (χ3n) is 6.32. The molecule has 0 amide bonds. The fourth-order valence-electron chi connectivity index (χ4n) is 3.15. The zero-order chi connectivity index (χ0) is 49.5. The summed E-state index contributed by atoms with van der Waals surface area (Å²) in [6.07, 6.45) is 16.2. The highest BCUT2D eigenvalue weighted by Gasteiger charge is 1.99. The van der Waals surface area contributed by atoms with Gasteiger partial charge in [-0.2, -0.15) is 0 Å². The van der Waals surface area contributed by atoms with E-state index in [0.29, 0.717) is 36.5 Å². The van der Waals surface area contributed by atoms with Crippen molar-refractivity contribution in [2.45, 2.75) is 43.2 Å². The van der Waals surface area contributed by atoms with Gasteiger partial charge in [-0.05, 0) is 75.2 Å². The highest BCUT2D eigenvalue weighted by atomic mass is 127. The summed E-state index contributed by atoms with van der Waals surface area (Å²) in [5.41, 5.74) is 0.922. The van der Waals surface area contributed by atoms with Crippen LogP contribution in [0.2, 0.25) is 15.6 Å². The van der Waals surface area contributed by atoms with Crippen LogP contribution in [-0.4, -0.2) is 93.5 Å². The van der Waals surface area contributed by atoms with Gasteiger partial charge in [0, 0.05) is 83.8 Å². The molecule has 0 aliphatic heterocycles. The first-order valence-corrected chi connectivity index (χ1v) is 24.7. The number of hydrogen-bond donors (Lipinski definition) is 8. The van der Waals surface area contributed by atoms with Crippen molar-refractivity contribution >= 4 is 105 Å². The van der Waals surface area contributed by atoms with Crippen LogP contribution in [0.15, 0.2) is 111 Å². The molecular formula is C36H42Cl3IN14O7S4. The number of aryl methyl sites for hydroxylation is 4. The van der Waals surface area contributed by atoms with Crippen LogP contribution in [0.5, 0.6) is 0 Å². The van der Waals surface area contributed by atoms with E-state index in [0.717, 1.165) is 16.3 Å². The van der Waals surface area contributed by atoms with Crippen molar-refractivity contribution in [3.8, 4) is 0 Å². The van der Waals surface area contributed by atoms with Gasteiger partial charge in [0.05, 0.1) is 0 Å². The van der Waals surface area contributed by atoms with E-state index < -0.39 is 11.4 Å². The van der Waals surface area contributed by atoms with Crippen molar-refractivity contribution in [1.29, 1.82) is 0 Å². The smallest absolute Gasteiger partial charge is 0.325 e. The Bertz CT molecular complexity index is 2870. The molecule has 0 aliphatic carbocycles. The third-order valence-corrected chi connectivity index (χ3v) is 9.23. The number of H-pyrrole nitrogens is 8. The second-order valence-corrected chi connectivity index (χ2v) is 15.0. The lowest BCUT2D eigenvalue weighted by atomic mass is 10.4. The van der Waals surface area contributed by atoms with Gasteiger partial charge in [-0.1, -0.05) is 81.1 Å². The SMILES string of the molecule is CI.CSc1ncc(C)c(=O)[nH]1.CSc1ncc(C)c(Cl)n1.CSc1nccc(=O)[nH]1.Cc1c[nH]c(=O)[nH]c1=O.Cc1cnc(Cl)nc1Cl.O=c1cc[nH]c(=O)[nH]1.O=c1cc[nH]c(=S)[nH]1. The fourth-order valence-corrected chi connectivity index (χ4v) is 4.87. The first-order chi connectivity index (χ1) is 30.8. The van der Waals surface area contributed by atoms with Crippen molar-refractivity contribution < 1.29 is 0 Å². The summed E-state index contributed by atoms with van der Waals surface area (Å²) < 4.78 is 0.359. The Morgan fingerprint density at radius 3 is 1.45 bits per heavy atom. The molecule has 0 spiro atoms. The highest BCUT2D eigenvalue weighted by Crippen LogP contribution is 2.15. The number of hydrogen-bond acceptors (Lipinski definition) is 17. The van der Waals surface area contributed by atoms with Crippen molar-refractivity contribution in [3.05, 3.63) is 177 Å². The number of rotatable bonds is 3. The normalized spacial score (nSPS) is 9.29. The lowest BCUT2D eigenvalue weighted by molar-refractivity contribution is 0.920. The molecular weight excluding hydrogens is 1100 g/mol. The predicted octanol–water partition coefficient (Wildman–Crippen LogP) is 5.46. The van der Waals surface area contributed by atoms with E-state index in [2.05, 4.69) is 99.6 Å². The lowest BCUT2D eigenvalue weighted by Gasteiger charge is -1.96. The minimum absolute atomic E-state index is 0.0562. The highest BCUT2D eigenvalue weighted by molar-refractivity contribution is 14.1. The molecule has 0 aromatic carbocycles. The molecule has 350 valence electrons. The molecule has 7 rings (SSSR count). The number of thioether (sulfide) groups is 3. The number of nitrogens with one attached hydrogen (secondary N) is 8. The Labute approximate surface area is 415 Å². The molecule has 0 fully saturated rings. The Morgan fingerprint density at radius 1 is 0.538 bits per heavy atom. The van der Waals surface area contributed by atoms with Crippen molar-refractivity contribution in [1.82, 2.24) is 69.8 Å². The number of nitrogens with zero attached hydrogens (tertiary/aromatic N) is 6. The van der Waals surface area contributed by atoms with Crippen LogP contribution < -0.4 is 39.2 Å². The largest absolute Gasteiger partial charge is 0.339 e. The molecule has 7 aromatic heterocycles. The van der Waals surface area contributed by atoms with E-state index in [1.807, 2.05) is 42.5 Å². The molecule has 0 aliphatic rings. The lowest BCUT2D eigenvalue weighted by Crippen LogP contribution is -2.22. The van der Waals surface area contributed by atoms with Gasteiger partial charge in [0.25, 0.3) is 27.8 Å². The molecule has 8 N–H and O–H groups in total. The van der Waals surface area contributed by atoms with E-state index in [-0.39, 0.29) is 33.1 Å². The second-order valence-electron chi connectivity index (χ2n) is 11.1. The van der Waals surface area contributed by atoms with Gasteiger partial charge in [-0.15, -0.1) is 0 Å². The predicted molar refractivity (Wildman–Crippen MR) is 271 cm³/mol. The van der Waals surface area contributed by atoms with Gasteiger partial charge in [0.2, 0.25) is 5.28 Å². The second kappa shape index (κ2) is 34.4. The summed E-state index contributed by atoms with van der Waals surface area (Å²) in [5.74, 6) is 0. The third kappa shape index (κ3) is 27.8. The number of alkyl halides is 1. The zero-order valence-electron chi connectivity index (χ0n) is 35.5. The molecule has 0 radical (unpaired) electrons. The molecule has 0 atom stereocenters. The summed E-state index contributed by atoms with van der Waals surface area (Å²) in [4.78, 5) is 117. The molecule has 0 saturated carbocycles. The van der Waals surface area contributed by atoms with Crippen LogP contribution in [0.3, 0.4) is 0 Å². The Morgan fingerprint density at radius 2 is 1.05 bits per heavy atom. The summed E-state index contributed by atoms with van der Waals surface area (Å²) in [5, 5.41) is 3.17. The summed E-state index contributed by atoms with van der Waals surface area (Å²) in [6, 6.07) is 4.00. The molecule has 7 heterocycles. The summed E-state index contributed by atoms with van der Waals surface area (Å²) in [7, 11) is 0. The van der Waals surface area contributed by atoms with E-state index in [9.17, 15) is 33.6 Å². The Kier molecular flexibility index (Phi) is 31.8. The van der Waals surface area contributed by atoms with Crippen molar-refractivity contribution in [2.75, 3.05) is 23.7 Å². The fraction of sp³-hybridized carbons (Fsp3) is 0.222. The first-order valence-electron chi connectivity index (χ1n) is 17.4. The maximum Gasteiger partial charge on any atom is 0.325 e. The van der Waals surface area contributed by atoms with Crippen LogP contribution in [-0.2, 0) is 0 Å². The first kappa shape index (κ1) is 60.0. The standard InChI is InChI=1S/C6H7ClN2S.C6H8N2OS.C5H4Cl2N2.C5H6N2O2.C5H6N2OS.C4H4N2O2.C4H4N2OS.CH3I/c1-4-3-8-6(10-2)9-5(4)7;1-4-3-7-6(10-2)8-5(4)9;1-3-2-8-5(7)9-4(3)6;1-3-2-6-5(9)7-4(3)8;1-9-5-6-3-2-4(8)7-5;2*7-3-1-2-5-4(8)6-3;1-2/h3H,1-2H3;3H,1-2H3,(H,7,8,9);2H,1H3;2H,1H3,(H2,6,7,8,9);2-3H,1H3,(H,6,7,8);2*1-2H,(H2,5,6,7,8);1H3. The number of aromatic amines is 8. The van der Waals surface area contributed by atoms with Gasteiger partial charge in [0.1, 0.15) is 10.3 Å². The summed E-state index contributed by atoms with van der Waals surface area (Å²) >= 11 is 27.8. The quantitative estimate of drug-likeness (QED) is 0.0272. The average molecular weight is 1140 g/mol. The molecule has 0 saturated heterocycles. The molecule has 65 heavy (non-hydrogen) atoms. The molecule has 7 aromatic rings. The van der Waals surface area contributed by atoms with Gasteiger partial charge in [0.15, 0.2) is 20.2 Å². The van der Waals surface area contributed by atoms with Crippen LogP contribution in [0.25, 0.3) is 0 Å². The van der Waals surface area contributed by atoms with Gasteiger partial charge in [-0.25, -0.2) is 39.5 Å². The maximum absolute atomic E-state index is 10.9. The van der Waals surface area contributed by atoms with Gasteiger partial charge < -0.3 is 24.9 Å². The summed E-state index contributed by atoms with van der Waals surface area (Å²) in [6.45, 7) is 7.05. The van der Waals surface area contributed by atoms with Crippen LogP contribution in [0.4, 0.5) is 0 Å². The molecule has 0 unspecified atom stereocenters. The van der Waals surface area contributed by atoms with Crippen LogP contribution in [0.1, 0.15) is 22.3 Å². The van der Waals surface area contributed by atoms with Crippen molar-refractivity contribution in [3.63, 3.8) is 0 Å². The molecule has 29 heteroatoms. The van der Waals surface area contributed by atoms with Crippen LogP contribution >= 0.6 is 105 Å². The number of aromatic nitrogens is 14. The molecule has 21 nitrogen and oxygen atoms in total. The monoisotopic (exact) mass is 1140 g/mol. The van der Waals surface area contributed by atoms with E-state index in [1.54, 1.807) is 32.4 Å². The van der Waals surface area contributed by atoms with Gasteiger partial charge in [-0.3, -0.25) is 38.9 Å². The van der Waals surface area contributed by atoms with Gasteiger partial charge >= 0.3 is 11.4 Å². The minimum Gasteiger partial charge on any atom is -0.339 e. The minimum atomic E-state index is -0.475. The Balaban J connectivity index is 0.000000731. The van der Waals surface area contributed by atoms with E-state index in [4.69, 9.17) is 34.8 Å².